The molecule has 0 saturated carbocycles. The Morgan fingerprint density at radius 3 is 2.42 bits per heavy atom. The molecule has 0 aromatic heterocycles. The van der Waals surface area contributed by atoms with Crippen LogP contribution in [0.25, 0.3) is 0 Å². The standard InChI is InChI=1S/C23H18Cl2FN3O4/c1-32-20-8-2-14(10-15(20)13-33-21-9-3-16(24)11-19(21)25)12-27-29-23(31)22(30)28-18-6-4-17(26)5-7-18/h2-12H,13H2,1H3,(H,28,30)(H,29,31). The van der Waals surface area contributed by atoms with Crippen LogP contribution in [0.2, 0.25) is 10.0 Å². The lowest BCUT2D eigenvalue weighted by atomic mass is 10.1. The average molecular weight is 490 g/mol. The molecule has 2 N–H and O–H groups in total. The lowest BCUT2D eigenvalue weighted by Crippen LogP contribution is -2.32. The Labute approximate surface area is 199 Å². The van der Waals surface area contributed by atoms with Gasteiger partial charge in [0.15, 0.2) is 0 Å². The van der Waals surface area contributed by atoms with Gasteiger partial charge in [0.1, 0.15) is 23.9 Å². The van der Waals surface area contributed by atoms with Crippen molar-refractivity contribution in [3.05, 3.63) is 87.7 Å². The maximum Gasteiger partial charge on any atom is 0.329 e. The highest BCUT2D eigenvalue weighted by molar-refractivity contribution is 6.39. The van der Waals surface area contributed by atoms with Crippen LogP contribution in [0.1, 0.15) is 11.1 Å². The molecule has 0 aliphatic carbocycles. The van der Waals surface area contributed by atoms with Crippen molar-refractivity contribution in [2.75, 3.05) is 12.4 Å². The topological polar surface area (TPSA) is 89.0 Å². The van der Waals surface area contributed by atoms with Gasteiger partial charge in [-0.3, -0.25) is 9.59 Å². The zero-order valence-corrected chi connectivity index (χ0v) is 18.8. The molecule has 0 aliphatic heterocycles. The summed E-state index contributed by atoms with van der Waals surface area (Å²) in [6.07, 6.45) is 1.36. The van der Waals surface area contributed by atoms with Crippen molar-refractivity contribution in [3.63, 3.8) is 0 Å². The van der Waals surface area contributed by atoms with Gasteiger partial charge in [-0.1, -0.05) is 23.2 Å². The predicted octanol–water partition coefficient (Wildman–Crippen LogP) is 4.81. The summed E-state index contributed by atoms with van der Waals surface area (Å²) < 4.78 is 24.0. The van der Waals surface area contributed by atoms with Gasteiger partial charge in [0.05, 0.1) is 18.3 Å². The molecule has 0 atom stereocenters. The number of hydrazone groups is 1. The quantitative estimate of drug-likeness (QED) is 0.283. The first-order valence-electron chi connectivity index (χ1n) is 9.50. The zero-order valence-electron chi connectivity index (χ0n) is 17.3. The van der Waals surface area contributed by atoms with Crippen LogP contribution in [0.5, 0.6) is 11.5 Å². The molecule has 0 unspecified atom stereocenters. The fourth-order valence-electron chi connectivity index (χ4n) is 2.68. The van der Waals surface area contributed by atoms with E-state index in [-0.39, 0.29) is 12.3 Å². The van der Waals surface area contributed by atoms with Crippen LogP contribution in [0.3, 0.4) is 0 Å². The van der Waals surface area contributed by atoms with Crippen molar-refractivity contribution in [1.82, 2.24) is 5.43 Å². The van der Waals surface area contributed by atoms with Gasteiger partial charge in [-0.15, -0.1) is 0 Å². The van der Waals surface area contributed by atoms with Gasteiger partial charge in [-0.2, -0.15) is 5.10 Å². The number of anilines is 1. The van der Waals surface area contributed by atoms with Gasteiger partial charge in [0.2, 0.25) is 0 Å². The number of halogens is 3. The Morgan fingerprint density at radius 2 is 1.73 bits per heavy atom. The van der Waals surface area contributed by atoms with Crippen LogP contribution in [-0.2, 0) is 16.2 Å². The largest absolute Gasteiger partial charge is 0.496 e. The van der Waals surface area contributed by atoms with E-state index in [0.29, 0.717) is 32.7 Å². The zero-order chi connectivity index (χ0) is 23.8. The van der Waals surface area contributed by atoms with E-state index >= 15 is 0 Å². The van der Waals surface area contributed by atoms with Gasteiger partial charge in [-0.05, 0) is 66.2 Å². The molecule has 0 fully saturated rings. The van der Waals surface area contributed by atoms with Crippen LogP contribution in [-0.4, -0.2) is 25.1 Å². The number of rotatable bonds is 7. The summed E-state index contributed by atoms with van der Waals surface area (Å²) >= 11 is 12.0. The fraction of sp³-hybridized carbons (Fsp3) is 0.0870. The van der Waals surface area contributed by atoms with Crippen LogP contribution in [0.15, 0.2) is 65.8 Å². The molecular formula is C23H18Cl2FN3O4. The van der Waals surface area contributed by atoms with Crippen molar-refractivity contribution in [2.45, 2.75) is 6.61 Å². The smallest absolute Gasteiger partial charge is 0.329 e. The van der Waals surface area contributed by atoms with E-state index in [1.54, 1.807) is 36.4 Å². The van der Waals surface area contributed by atoms with E-state index in [1.807, 2.05) is 0 Å². The van der Waals surface area contributed by atoms with Gasteiger partial charge in [0, 0.05) is 16.3 Å². The molecule has 2 amide bonds. The molecule has 0 bridgehead atoms. The number of amides is 2. The van der Waals surface area contributed by atoms with E-state index in [1.165, 1.54) is 25.5 Å². The molecule has 33 heavy (non-hydrogen) atoms. The van der Waals surface area contributed by atoms with Crippen LogP contribution in [0, 0.1) is 5.82 Å². The molecule has 0 heterocycles. The molecule has 3 aromatic rings. The third-order valence-electron chi connectivity index (χ3n) is 4.27. The summed E-state index contributed by atoms with van der Waals surface area (Å²) in [6.45, 7) is 0.151. The molecule has 10 heteroatoms. The minimum Gasteiger partial charge on any atom is -0.496 e. The first kappa shape index (κ1) is 24.0. The number of carbonyl (C=O) groups is 2. The minimum atomic E-state index is -0.981. The number of carbonyl (C=O) groups excluding carboxylic acids is 2. The second-order valence-corrected chi connectivity index (χ2v) is 7.44. The number of benzene rings is 3. The summed E-state index contributed by atoms with van der Waals surface area (Å²) in [4.78, 5) is 23.8. The average Bonchev–Trinajstić information content (AvgIpc) is 2.80. The monoisotopic (exact) mass is 489 g/mol. The van der Waals surface area contributed by atoms with Crippen molar-refractivity contribution in [2.24, 2.45) is 5.10 Å². The van der Waals surface area contributed by atoms with E-state index in [2.05, 4.69) is 15.8 Å². The number of hydrogen-bond acceptors (Lipinski definition) is 5. The summed E-state index contributed by atoms with van der Waals surface area (Å²) in [5.74, 6) is -1.34. The van der Waals surface area contributed by atoms with E-state index < -0.39 is 17.6 Å². The number of ether oxygens (including phenoxy) is 2. The predicted molar refractivity (Wildman–Crippen MR) is 125 cm³/mol. The first-order valence-corrected chi connectivity index (χ1v) is 10.3. The van der Waals surface area contributed by atoms with Crippen molar-refractivity contribution < 1.29 is 23.5 Å². The van der Waals surface area contributed by atoms with Gasteiger partial charge in [0.25, 0.3) is 0 Å². The lowest BCUT2D eigenvalue weighted by molar-refractivity contribution is -0.136. The molecule has 170 valence electrons. The Balaban J connectivity index is 1.61. The molecule has 3 aromatic carbocycles. The molecule has 0 spiro atoms. The second-order valence-electron chi connectivity index (χ2n) is 6.59. The molecule has 0 saturated heterocycles. The first-order chi connectivity index (χ1) is 15.9. The molecular weight excluding hydrogens is 472 g/mol. The van der Waals surface area contributed by atoms with Crippen LogP contribution < -0.4 is 20.2 Å². The number of hydrogen-bond donors (Lipinski definition) is 2. The van der Waals surface area contributed by atoms with E-state index in [4.69, 9.17) is 32.7 Å². The summed E-state index contributed by atoms with van der Waals surface area (Å²) in [7, 11) is 1.53. The lowest BCUT2D eigenvalue weighted by Gasteiger charge is -2.12. The van der Waals surface area contributed by atoms with Crippen LogP contribution in [0.4, 0.5) is 10.1 Å². The highest BCUT2D eigenvalue weighted by Gasteiger charge is 2.13. The normalized spacial score (nSPS) is 10.7. The summed E-state index contributed by atoms with van der Waals surface area (Å²) in [5, 5.41) is 7.01. The van der Waals surface area contributed by atoms with Crippen molar-refractivity contribution >= 4 is 46.9 Å². The van der Waals surface area contributed by atoms with Gasteiger partial charge >= 0.3 is 11.8 Å². The van der Waals surface area contributed by atoms with Gasteiger partial charge in [-0.25, -0.2) is 9.82 Å². The Bertz CT molecular complexity index is 1190. The van der Waals surface area contributed by atoms with E-state index in [0.717, 1.165) is 12.1 Å². The minimum absolute atomic E-state index is 0.151. The second kappa shape index (κ2) is 11.3. The summed E-state index contributed by atoms with van der Waals surface area (Å²) in [5.41, 5.74) is 3.73. The third-order valence-corrected chi connectivity index (χ3v) is 4.80. The van der Waals surface area contributed by atoms with Gasteiger partial charge < -0.3 is 14.8 Å². The highest BCUT2D eigenvalue weighted by atomic mass is 35.5. The molecule has 7 nitrogen and oxygen atoms in total. The fourth-order valence-corrected chi connectivity index (χ4v) is 3.14. The number of nitrogens with one attached hydrogen (secondary N) is 2. The van der Waals surface area contributed by atoms with E-state index in [9.17, 15) is 14.0 Å². The SMILES string of the molecule is COc1ccc(C=NNC(=O)C(=O)Nc2ccc(F)cc2)cc1COc1ccc(Cl)cc1Cl. The van der Waals surface area contributed by atoms with Crippen molar-refractivity contribution in [3.8, 4) is 11.5 Å². The Morgan fingerprint density at radius 1 is 1.00 bits per heavy atom. The van der Waals surface area contributed by atoms with Crippen molar-refractivity contribution in [1.29, 1.82) is 0 Å². The number of methoxy groups -OCH3 is 1. The molecule has 3 rings (SSSR count). The van der Waals surface area contributed by atoms with Crippen LogP contribution >= 0.6 is 23.2 Å². The molecule has 0 radical (unpaired) electrons. The summed E-state index contributed by atoms with van der Waals surface area (Å²) in [6, 6.07) is 15.1. The Kier molecular flexibility index (Phi) is 8.23. The number of nitrogens with zero attached hydrogens (tertiary/aromatic N) is 1. The third kappa shape index (κ3) is 6.93. The highest BCUT2D eigenvalue weighted by Crippen LogP contribution is 2.29. The Hall–Kier alpha value is -3.62. The molecule has 0 aliphatic rings. The maximum atomic E-state index is 12.9. The maximum absolute atomic E-state index is 12.9.